The van der Waals surface area contributed by atoms with Gasteiger partial charge in [0, 0.05) is 25.0 Å². The predicted molar refractivity (Wildman–Crippen MR) is 110 cm³/mol. The molecule has 2 heterocycles. The highest BCUT2D eigenvalue weighted by atomic mass is 35.5. The maximum atomic E-state index is 12.7. The summed E-state index contributed by atoms with van der Waals surface area (Å²) in [6.45, 7) is 0.579. The van der Waals surface area contributed by atoms with Gasteiger partial charge in [-0.1, -0.05) is 42.5 Å². The maximum Gasteiger partial charge on any atom is 0.329 e. The summed E-state index contributed by atoms with van der Waals surface area (Å²) in [5, 5.41) is 0.380. The van der Waals surface area contributed by atoms with Crippen LogP contribution in [-0.2, 0) is 11.3 Å². The van der Waals surface area contributed by atoms with E-state index in [1.807, 2.05) is 30.3 Å². The predicted octanol–water partition coefficient (Wildman–Crippen LogP) is 1.06. The molecule has 28 heavy (non-hydrogen) atoms. The van der Waals surface area contributed by atoms with Gasteiger partial charge < -0.3 is 15.6 Å². The molecule has 0 radical (unpaired) electrons. The molecule has 0 spiro atoms. The van der Waals surface area contributed by atoms with E-state index in [0.29, 0.717) is 24.0 Å². The van der Waals surface area contributed by atoms with E-state index in [1.54, 1.807) is 29.2 Å². The zero-order chi connectivity index (χ0) is 19.0. The van der Waals surface area contributed by atoms with Crippen molar-refractivity contribution in [3.8, 4) is 0 Å². The number of likely N-dealkylation sites (tertiary alicyclic amines) is 1. The van der Waals surface area contributed by atoms with Crippen LogP contribution >= 0.6 is 12.4 Å². The first-order chi connectivity index (χ1) is 13.0. The Morgan fingerprint density at radius 2 is 1.71 bits per heavy atom. The van der Waals surface area contributed by atoms with Crippen LogP contribution in [0.15, 0.2) is 64.2 Å². The topological polar surface area (TPSA) is 101 Å². The van der Waals surface area contributed by atoms with Crippen molar-refractivity contribution in [3.63, 3.8) is 0 Å². The largest absolute Gasteiger partial charge is 0.339 e. The van der Waals surface area contributed by atoms with Crippen LogP contribution < -0.4 is 17.0 Å². The molecule has 1 aliphatic heterocycles. The zero-order valence-electron chi connectivity index (χ0n) is 15.1. The van der Waals surface area contributed by atoms with E-state index >= 15 is 0 Å². The molecule has 7 nitrogen and oxygen atoms in total. The molecule has 8 heteroatoms. The molecule has 1 aliphatic rings. The maximum absolute atomic E-state index is 12.7. The number of aromatic amines is 1. The summed E-state index contributed by atoms with van der Waals surface area (Å²) in [5.74, 6) is -0.242. The minimum absolute atomic E-state index is 0. The third kappa shape index (κ3) is 3.58. The zero-order valence-corrected chi connectivity index (χ0v) is 15.9. The molecule has 3 N–H and O–H groups in total. The summed E-state index contributed by atoms with van der Waals surface area (Å²) in [4.78, 5) is 41.9. The molecule has 2 aromatic carbocycles. The number of rotatable bonds is 3. The molecule has 1 amide bonds. The lowest BCUT2D eigenvalue weighted by molar-refractivity contribution is -0.131. The normalized spacial score (nSPS) is 18.8. The molecule has 0 saturated carbocycles. The summed E-state index contributed by atoms with van der Waals surface area (Å²) < 4.78 is 0.950. The number of nitrogens with zero attached hydrogens (tertiary/aromatic N) is 2. The van der Waals surface area contributed by atoms with Gasteiger partial charge in [0.15, 0.2) is 0 Å². The number of hydrogen-bond donors (Lipinski definition) is 2. The molecule has 1 saturated heterocycles. The fourth-order valence-corrected chi connectivity index (χ4v) is 3.66. The Morgan fingerprint density at radius 1 is 1.04 bits per heavy atom. The van der Waals surface area contributed by atoms with Crippen molar-refractivity contribution in [3.05, 3.63) is 81.0 Å². The van der Waals surface area contributed by atoms with Crippen molar-refractivity contribution >= 4 is 29.2 Å². The number of amides is 1. The number of carbonyl (C=O) groups is 1. The molecule has 1 fully saturated rings. The van der Waals surface area contributed by atoms with Crippen molar-refractivity contribution in [2.75, 3.05) is 13.1 Å². The van der Waals surface area contributed by atoms with Crippen LogP contribution in [-0.4, -0.2) is 39.5 Å². The van der Waals surface area contributed by atoms with Gasteiger partial charge in [-0.15, -0.1) is 12.4 Å². The van der Waals surface area contributed by atoms with Crippen molar-refractivity contribution in [2.45, 2.75) is 18.5 Å². The minimum Gasteiger partial charge on any atom is -0.339 e. The first-order valence-electron chi connectivity index (χ1n) is 8.85. The molecule has 3 aromatic rings. The van der Waals surface area contributed by atoms with E-state index in [-0.39, 0.29) is 36.8 Å². The number of carbonyl (C=O) groups excluding carboxylic acids is 1. The fraction of sp³-hybridized carbons (Fsp3) is 0.250. The van der Waals surface area contributed by atoms with E-state index in [9.17, 15) is 14.4 Å². The van der Waals surface area contributed by atoms with Crippen molar-refractivity contribution in [1.82, 2.24) is 14.5 Å². The highest BCUT2D eigenvalue weighted by Crippen LogP contribution is 2.26. The van der Waals surface area contributed by atoms with Gasteiger partial charge in [0.05, 0.1) is 10.9 Å². The number of hydrogen-bond acceptors (Lipinski definition) is 4. The number of nitrogens with two attached hydrogens (primary N) is 1. The molecule has 146 valence electrons. The summed E-state index contributed by atoms with van der Waals surface area (Å²) >= 11 is 0. The number of halogens is 1. The second-order valence-electron chi connectivity index (χ2n) is 6.85. The highest BCUT2D eigenvalue weighted by molar-refractivity contribution is 5.85. The Balaban J connectivity index is 0.00000225. The lowest BCUT2D eigenvalue weighted by atomic mass is 9.95. The van der Waals surface area contributed by atoms with Crippen molar-refractivity contribution < 1.29 is 4.79 Å². The summed E-state index contributed by atoms with van der Waals surface area (Å²) in [6, 6.07) is 16.4. The van der Waals surface area contributed by atoms with Crippen LogP contribution in [0.3, 0.4) is 0 Å². The summed E-state index contributed by atoms with van der Waals surface area (Å²) in [7, 11) is 0. The standard InChI is InChI=1S/C20H20N4O3.ClH/c21-16-11-23(10-15(16)13-6-2-1-3-7-13)18(25)12-24-19(26)14-8-4-5-9-17(14)22-20(24)27;/h1-9,15-16H,10-12,21H2,(H,22,27);1H/t15-,16+;/m0./s1. The van der Waals surface area contributed by atoms with Gasteiger partial charge in [-0.2, -0.15) is 0 Å². The Bertz CT molecular complexity index is 1110. The van der Waals surface area contributed by atoms with Gasteiger partial charge in [0.2, 0.25) is 5.91 Å². The SMILES string of the molecule is Cl.N[C@@H]1CN(C(=O)Cn2c(=O)[nH]c3ccccc3c2=O)C[C@H]1c1ccccc1. The average molecular weight is 401 g/mol. The van der Waals surface area contributed by atoms with E-state index in [0.717, 1.165) is 10.1 Å². The molecular weight excluding hydrogens is 380 g/mol. The molecule has 0 bridgehead atoms. The first kappa shape index (κ1) is 19.9. The lowest BCUT2D eigenvalue weighted by Crippen LogP contribution is -2.42. The second-order valence-corrected chi connectivity index (χ2v) is 6.85. The summed E-state index contributed by atoms with van der Waals surface area (Å²) in [6.07, 6.45) is 0. The summed E-state index contributed by atoms with van der Waals surface area (Å²) in [5.41, 5.74) is 6.73. The number of benzene rings is 2. The van der Waals surface area contributed by atoms with Crippen LogP contribution in [0.2, 0.25) is 0 Å². The van der Waals surface area contributed by atoms with Crippen LogP contribution in [0.5, 0.6) is 0 Å². The van der Waals surface area contributed by atoms with E-state index in [4.69, 9.17) is 5.73 Å². The van der Waals surface area contributed by atoms with Gasteiger partial charge in [-0.3, -0.25) is 14.2 Å². The quantitative estimate of drug-likeness (QED) is 0.686. The monoisotopic (exact) mass is 400 g/mol. The molecule has 0 aliphatic carbocycles. The van der Waals surface area contributed by atoms with Gasteiger partial charge in [-0.25, -0.2) is 4.79 Å². The highest BCUT2D eigenvalue weighted by Gasteiger charge is 2.34. The number of fused-ring (bicyclic) bond motifs is 1. The van der Waals surface area contributed by atoms with Gasteiger partial charge in [-0.05, 0) is 17.7 Å². The lowest BCUT2D eigenvalue weighted by Gasteiger charge is -2.17. The average Bonchev–Trinajstić information content (AvgIpc) is 3.07. The Hall–Kier alpha value is -2.90. The van der Waals surface area contributed by atoms with Gasteiger partial charge in [0.1, 0.15) is 6.54 Å². The van der Waals surface area contributed by atoms with E-state index in [2.05, 4.69) is 4.98 Å². The Kier molecular flexibility index (Phi) is 5.67. The smallest absolute Gasteiger partial charge is 0.329 e. The molecule has 0 unspecified atom stereocenters. The van der Waals surface area contributed by atoms with Crippen LogP contribution in [0.1, 0.15) is 11.5 Å². The van der Waals surface area contributed by atoms with Crippen LogP contribution in [0.25, 0.3) is 10.9 Å². The number of para-hydroxylation sites is 1. The number of H-pyrrole nitrogens is 1. The molecule has 1 aromatic heterocycles. The third-order valence-electron chi connectivity index (χ3n) is 5.13. The minimum atomic E-state index is -0.588. The number of nitrogens with one attached hydrogen (secondary N) is 1. The second kappa shape index (κ2) is 8.00. The van der Waals surface area contributed by atoms with Crippen molar-refractivity contribution in [1.29, 1.82) is 0 Å². The van der Waals surface area contributed by atoms with Gasteiger partial charge in [0.25, 0.3) is 5.56 Å². The van der Waals surface area contributed by atoms with Crippen molar-refractivity contribution in [2.24, 2.45) is 5.73 Å². The van der Waals surface area contributed by atoms with E-state index in [1.165, 1.54) is 0 Å². The Labute approximate surface area is 167 Å². The fourth-order valence-electron chi connectivity index (χ4n) is 3.66. The van der Waals surface area contributed by atoms with Crippen LogP contribution in [0.4, 0.5) is 0 Å². The Morgan fingerprint density at radius 3 is 2.46 bits per heavy atom. The molecular formula is C20H21ClN4O3. The number of aromatic nitrogens is 2. The third-order valence-corrected chi connectivity index (χ3v) is 5.13. The molecule has 4 rings (SSSR count). The molecule has 2 atom stereocenters. The van der Waals surface area contributed by atoms with E-state index < -0.39 is 11.2 Å². The first-order valence-corrected chi connectivity index (χ1v) is 8.85. The van der Waals surface area contributed by atoms with Gasteiger partial charge >= 0.3 is 5.69 Å². The van der Waals surface area contributed by atoms with Crippen LogP contribution in [0, 0.1) is 0 Å².